The van der Waals surface area contributed by atoms with Crippen molar-refractivity contribution in [1.82, 2.24) is 5.32 Å². The van der Waals surface area contributed by atoms with Crippen LogP contribution in [0.25, 0.3) is 0 Å². The first-order valence-corrected chi connectivity index (χ1v) is 8.15. The van der Waals surface area contributed by atoms with Crippen LogP contribution in [0.5, 0.6) is 0 Å². The lowest BCUT2D eigenvalue weighted by Crippen LogP contribution is -2.40. The summed E-state index contributed by atoms with van der Waals surface area (Å²) in [6.45, 7) is 7.56. The van der Waals surface area contributed by atoms with Crippen LogP contribution in [0.2, 0.25) is 0 Å². The number of hydrogen-bond acceptors (Lipinski definition) is 3. The molecule has 1 aromatic carbocycles. The van der Waals surface area contributed by atoms with Crippen molar-refractivity contribution in [2.24, 2.45) is 0 Å². The van der Waals surface area contributed by atoms with Crippen LogP contribution in [-0.2, 0) is 15.6 Å². The molecule has 0 spiro atoms. The van der Waals surface area contributed by atoms with Crippen molar-refractivity contribution in [3.63, 3.8) is 0 Å². The van der Waals surface area contributed by atoms with Crippen molar-refractivity contribution >= 4 is 22.4 Å². The molecule has 5 heteroatoms. The fourth-order valence-electron chi connectivity index (χ4n) is 1.98. The maximum atomic E-state index is 12.5. The number of nitrogens with one attached hydrogen (secondary N) is 1. The van der Waals surface area contributed by atoms with E-state index >= 15 is 0 Å². The molecule has 0 aliphatic rings. The Morgan fingerprint density at radius 2 is 2.05 bits per heavy atom. The normalized spacial score (nSPS) is 15.4. The zero-order chi connectivity index (χ0) is 15.3. The molecule has 0 heterocycles. The molecule has 0 aromatic heterocycles. The number of benzene rings is 1. The van der Waals surface area contributed by atoms with Gasteiger partial charge in [-0.25, -0.2) is 0 Å². The van der Waals surface area contributed by atoms with E-state index in [0.717, 1.165) is 18.4 Å². The fourth-order valence-corrected chi connectivity index (χ4v) is 3.22. The predicted molar refractivity (Wildman–Crippen MR) is 84.0 cm³/mol. The lowest BCUT2D eigenvalue weighted by atomic mass is 10.2. The van der Waals surface area contributed by atoms with Crippen LogP contribution in [0.1, 0.15) is 39.2 Å². The number of hydrogen-bond donors (Lipinski definition) is 2. The summed E-state index contributed by atoms with van der Waals surface area (Å²) in [5.74, 6) is -0.190. The fraction of sp³-hybridized carbons (Fsp3) is 0.533. The van der Waals surface area contributed by atoms with E-state index in [4.69, 9.17) is 5.73 Å². The molecular formula is C15H24N2O2S. The monoisotopic (exact) mass is 296 g/mol. The molecule has 0 bridgehead atoms. The molecule has 1 aromatic rings. The van der Waals surface area contributed by atoms with E-state index in [1.54, 1.807) is 13.0 Å². The van der Waals surface area contributed by atoms with Gasteiger partial charge in [0.1, 0.15) is 5.25 Å². The topological polar surface area (TPSA) is 72.2 Å². The standard InChI is InChI=1S/C15H24N2O2S/c1-5-7-11(3)17-15(18)12(4)20(19)13-9-6-8-10(2)14(13)16/h6,8-9,11-12H,5,7,16H2,1-4H3,(H,17,18). The number of amides is 1. The maximum Gasteiger partial charge on any atom is 0.236 e. The highest BCUT2D eigenvalue weighted by atomic mass is 32.2. The molecule has 1 rings (SSSR count). The molecule has 4 nitrogen and oxygen atoms in total. The minimum Gasteiger partial charge on any atom is -0.398 e. The summed E-state index contributed by atoms with van der Waals surface area (Å²) in [6, 6.07) is 5.49. The van der Waals surface area contributed by atoms with Gasteiger partial charge in [-0.15, -0.1) is 0 Å². The van der Waals surface area contributed by atoms with Gasteiger partial charge in [0.15, 0.2) is 0 Å². The zero-order valence-electron chi connectivity index (χ0n) is 12.6. The Balaban J connectivity index is 2.81. The van der Waals surface area contributed by atoms with Crippen LogP contribution < -0.4 is 11.1 Å². The first kappa shape index (κ1) is 16.7. The lowest BCUT2D eigenvalue weighted by Gasteiger charge is -2.18. The lowest BCUT2D eigenvalue weighted by molar-refractivity contribution is -0.121. The van der Waals surface area contributed by atoms with Crippen LogP contribution in [-0.4, -0.2) is 21.4 Å². The predicted octanol–water partition coefficient (Wildman–Crippen LogP) is 2.38. The smallest absolute Gasteiger partial charge is 0.236 e. The summed E-state index contributed by atoms with van der Waals surface area (Å²) in [5.41, 5.74) is 7.33. The molecule has 3 unspecified atom stereocenters. The van der Waals surface area contributed by atoms with Crippen LogP contribution in [0.3, 0.4) is 0 Å². The number of nitrogen functional groups attached to an aromatic ring is 1. The van der Waals surface area contributed by atoms with Crippen molar-refractivity contribution < 1.29 is 9.00 Å². The van der Waals surface area contributed by atoms with Gasteiger partial charge in [-0.1, -0.05) is 25.5 Å². The van der Waals surface area contributed by atoms with Gasteiger partial charge in [0.05, 0.1) is 21.4 Å². The minimum absolute atomic E-state index is 0.0989. The molecule has 3 atom stereocenters. The summed E-state index contributed by atoms with van der Waals surface area (Å²) < 4.78 is 12.5. The Hall–Kier alpha value is -1.36. The van der Waals surface area contributed by atoms with E-state index in [9.17, 15) is 9.00 Å². The van der Waals surface area contributed by atoms with Crippen molar-refractivity contribution in [2.75, 3.05) is 5.73 Å². The highest BCUT2D eigenvalue weighted by Crippen LogP contribution is 2.22. The van der Waals surface area contributed by atoms with Crippen LogP contribution in [0.15, 0.2) is 23.1 Å². The number of aryl methyl sites for hydroxylation is 1. The quantitative estimate of drug-likeness (QED) is 0.792. The Kier molecular flexibility index (Phi) is 6.20. The van der Waals surface area contributed by atoms with Crippen molar-refractivity contribution in [1.29, 1.82) is 0 Å². The van der Waals surface area contributed by atoms with E-state index in [1.807, 2.05) is 26.0 Å². The molecule has 0 radical (unpaired) electrons. The van der Waals surface area contributed by atoms with E-state index in [0.29, 0.717) is 10.6 Å². The Morgan fingerprint density at radius 3 is 2.65 bits per heavy atom. The molecule has 3 N–H and O–H groups in total. The van der Waals surface area contributed by atoms with E-state index in [1.165, 1.54) is 0 Å². The van der Waals surface area contributed by atoms with Gasteiger partial charge in [0.25, 0.3) is 0 Å². The van der Waals surface area contributed by atoms with Crippen molar-refractivity contribution in [3.05, 3.63) is 23.8 Å². The Labute approximate surface area is 123 Å². The molecule has 0 aliphatic carbocycles. The number of anilines is 1. The van der Waals surface area contributed by atoms with Gasteiger partial charge in [0.2, 0.25) is 5.91 Å². The van der Waals surface area contributed by atoms with Crippen molar-refractivity contribution in [2.45, 2.75) is 56.7 Å². The first-order valence-electron chi connectivity index (χ1n) is 6.94. The summed E-state index contributed by atoms with van der Waals surface area (Å²) >= 11 is 0. The zero-order valence-corrected chi connectivity index (χ0v) is 13.4. The van der Waals surface area contributed by atoms with Gasteiger partial charge >= 0.3 is 0 Å². The van der Waals surface area contributed by atoms with E-state index in [-0.39, 0.29) is 11.9 Å². The maximum absolute atomic E-state index is 12.5. The molecule has 0 saturated heterocycles. The number of nitrogens with two attached hydrogens (primary N) is 1. The van der Waals surface area contributed by atoms with Crippen molar-refractivity contribution in [3.8, 4) is 0 Å². The van der Waals surface area contributed by atoms with E-state index < -0.39 is 16.0 Å². The van der Waals surface area contributed by atoms with Gasteiger partial charge in [-0.05, 0) is 38.8 Å². The first-order chi connectivity index (χ1) is 9.38. The van der Waals surface area contributed by atoms with Gasteiger partial charge < -0.3 is 11.1 Å². The molecular weight excluding hydrogens is 272 g/mol. The Bertz CT molecular complexity index is 503. The van der Waals surface area contributed by atoms with Gasteiger partial charge in [-0.3, -0.25) is 9.00 Å². The summed E-state index contributed by atoms with van der Waals surface area (Å²) in [4.78, 5) is 12.6. The second-order valence-electron chi connectivity index (χ2n) is 5.12. The summed E-state index contributed by atoms with van der Waals surface area (Å²) in [5, 5.41) is 2.28. The van der Waals surface area contributed by atoms with Crippen LogP contribution in [0.4, 0.5) is 5.69 Å². The molecule has 0 saturated carbocycles. The number of para-hydroxylation sites is 1. The molecule has 112 valence electrons. The summed E-state index contributed by atoms with van der Waals surface area (Å²) in [6.07, 6.45) is 1.92. The van der Waals surface area contributed by atoms with Crippen LogP contribution >= 0.6 is 0 Å². The Morgan fingerprint density at radius 1 is 1.40 bits per heavy atom. The average Bonchev–Trinajstić information content (AvgIpc) is 2.40. The second kappa shape index (κ2) is 7.43. The molecule has 20 heavy (non-hydrogen) atoms. The highest BCUT2D eigenvalue weighted by molar-refractivity contribution is 7.86. The van der Waals surface area contributed by atoms with Gasteiger partial charge in [-0.2, -0.15) is 0 Å². The average molecular weight is 296 g/mol. The molecule has 0 fully saturated rings. The summed E-state index contributed by atoms with van der Waals surface area (Å²) in [7, 11) is -1.44. The third kappa shape index (κ3) is 4.07. The molecule has 0 aliphatic heterocycles. The SMILES string of the molecule is CCCC(C)NC(=O)C(C)S(=O)c1cccc(C)c1N. The number of carbonyl (C=O) groups excluding carboxylic acids is 1. The van der Waals surface area contributed by atoms with Crippen LogP contribution in [0, 0.1) is 6.92 Å². The second-order valence-corrected chi connectivity index (χ2v) is 6.87. The van der Waals surface area contributed by atoms with E-state index in [2.05, 4.69) is 12.2 Å². The highest BCUT2D eigenvalue weighted by Gasteiger charge is 2.24. The largest absolute Gasteiger partial charge is 0.398 e. The third-order valence-corrected chi connectivity index (χ3v) is 4.95. The minimum atomic E-state index is -1.44. The number of rotatable bonds is 6. The molecule has 1 amide bonds. The third-order valence-electron chi connectivity index (χ3n) is 3.30. The number of carbonyl (C=O) groups is 1. The van der Waals surface area contributed by atoms with Gasteiger partial charge in [0, 0.05) is 6.04 Å².